The summed E-state index contributed by atoms with van der Waals surface area (Å²) in [5, 5.41) is 7.88. The normalized spacial score (nSPS) is 45.1. The Hall–Kier alpha value is -1.06. The predicted molar refractivity (Wildman–Crippen MR) is 60.5 cm³/mol. The third-order valence-corrected chi connectivity index (χ3v) is 5.10. The Labute approximate surface area is 95.2 Å². The summed E-state index contributed by atoms with van der Waals surface area (Å²) in [7, 11) is 0. The van der Waals surface area contributed by atoms with Gasteiger partial charge in [-0.1, -0.05) is 0 Å². The van der Waals surface area contributed by atoms with E-state index in [1.165, 1.54) is 32.1 Å². The second-order valence-corrected chi connectivity index (χ2v) is 6.02. The van der Waals surface area contributed by atoms with Gasteiger partial charge in [-0.05, 0) is 55.8 Å². The van der Waals surface area contributed by atoms with Crippen molar-refractivity contribution in [3.05, 3.63) is 6.33 Å². The van der Waals surface area contributed by atoms with Crippen molar-refractivity contribution in [2.45, 2.75) is 38.1 Å². The van der Waals surface area contributed by atoms with Crippen molar-refractivity contribution in [3.8, 4) is 0 Å². The lowest BCUT2D eigenvalue weighted by molar-refractivity contribution is -0.0284. The number of nitrogens with zero attached hydrogens (tertiary/aromatic N) is 3. The van der Waals surface area contributed by atoms with E-state index < -0.39 is 0 Å². The van der Waals surface area contributed by atoms with Gasteiger partial charge in [0.1, 0.15) is 6.33 Å². The van der Waals surface area contributed by atoms with E-state index in [0.29, 0.717) is 12.0 Å². The highest BCUT2D eigenvalue weighted by molar-refractivity contribution is 5.17. The molecule has 16 heavy (non-hydrogen) atoms. The van der Waals surface area contributed by atoms with Gasteiger partial charge in [0.15, 0.2) is 0 Å². The molecule has 4 aliphatic carbocycles. The van der Waals surface area contributed by atoms with Crippen molar-refractivity contribution in [3.63, 3.8) is 0 Å². The third kappa shape index (κ3) is 1.10. The van der Waals surface area contributed by atoms with Crippen LogP contribution in [0.15, 0.2) is 6.33 Å². The van der Waals surface area contributed by atoms with Crippen molar-refractivity contribution in [2.24, 2.45) is 23.7 Å². The van der Waals surface area contributed by atoms with E-state index in [2.05, 4.69) is 14.8 Å². The van der Waals surface area contributed by atoms with Crippen molar-refractivity contribution < 1.29 is 0 Å². The molecule has 4 nitrogen and oxygen atoms in total. The molecule has 1 aromatic heterocycles. The first-order chi connectivity index (χ1) is 7.81. The molecule has 1 aromatic rings. The molecule has 4 fully saturated rings. The van der Waals surface area contributed by atoms with Crippen LogP contribution in [0.5, 0.6) is 0 Å². The summed E-state index contributed by atoms with van der Waals surface area (Å²) in [5.74, 6) is 4.31. The fourth-order valence-electron chi connectivity index (χ4n) is 4.83. The van der Waals surface area contributed by atoms with Gasteiger partial charge >= 0.3 is 0 Å². The van der Waals surface area contributed by atoms with Gasteiger partial charge in [-0.3, -0.25) is 4.57 Å². The molecular formula is C12H18N4. The van der Waals surface area contributed by atoms with E-state index in [9.17, 15) is 0 Å². The maximum atomic E-state index is 5.91. The molecule has 0 radical (unpaired) electrons. The third-order valence-electron chi connectivity index (χ3n) is 5.10. The fourth-order valence-corrected chi connectivity index (χ4v) is 4.83. The Morgan fingerprint density at radius 1 is 1.06 bits per heavy atom. The smallest absolute Gasteiger partial charge is 0.222 e. The minimum atomic E-state index is 0.600. The molecule has 5 rings (SSSR count). The van der Waals surface area contributed by atoms with Crippen LogP contribution in [0.3, 0.4) is 0 Å². The van der Waals surface area contributed by atoms with Crippen molar-refractivity contribution in [1.29, 1.82) is 0 Å². The first-order valence-electron chi connectivity index (χ1n) is 6.46. The Bertz CT molecular complexity index is 383. The van der Waals surface area contributed by atoms with Crippen molar-refractivity contribution in [2.75, 3.05) is 5.73 Å². The number of rotatable bonds is 1. The van der Waals surface area contributed by atoms with Crippen LogP contribution in [-0.4, -0.2) is 14.8 Å². The van der Waals surface area contributed by atoms with Crippen LogP contribution < -0.4 is 5.73 Å². The number of anilines is 1. The molecule has 0 spiro atoms. The highest BCUT2D eigenvalue weighted by Crippen LogP contribution is 2.58. The van der Waals surface area contributed by atoms with Gasteiger partial charge in [-0.15, -0.1) is 10.2 Å². The largest absolute Gasteiger partial charge is 0.368 e. The Kier molecular flexibility index (Phi) is 1.69. The first-order valence-corrected chi connectivity index (χ1v) is 6.46. The Morgan fingerprint density at radius 2 is 1.69 bits per heavy atom. The number of hydrogen-bond donors (Lipinski definition) is 1. The van der Waals surface area contributed by atoms with Crippen LogP contribution >= 0.6 is 0 Å². The van der Waals surface area contributed by atoms with Crippen molar-refractivity contribution >= 4 is 5.95 Å². The Balaban J connectivity index is 1.72. The monoisotopic (exact) mass is 218 g/mol. The van der Waals surface area contributed by atoms with E-state index in [1.54, 1.807) is 0 Å². The van der Waals surface area contributed by atoms with E-state index in [0.717, 1.165) is 23.7 Å². The average molecular weight is 218 g/mol. The number of hydrogen-bond acceptors (Lipinski definition) is 3. The van der Waals surface area contributed by atoms with E-state index in [-0.39, 0.29) is 0 Å². The number of nitrogen functional groups attached to an aromatic ring is 1. The standard InChI is InChI=1S/C12H18N4/c13-12-15-14-6-16(12)11-9-2-7-1-8(4-9)5-10(11)3-7/h6-11H,1-5H2,(H2,13,15). The molecule has 0 amide bonds. The zero-order valence-corrected chi connectivity index (χ0v) is 9.42. The molecule has 2 N–H and O–H groups in total. The van der Waals surface area contributed by atoms with E-state index in [1.807, 2.05) is 6.33 Å². The molecule has 4 heteroatoms. The van der Waals surface area contributed by atoms with Gasteiger partial charge < -0.3 is 5.73 Å². The summed E-state index contributed by atoms with van der Waals surface area (Å²) in [6.45, 7) is 0. The second kappa shape index (κ2) is 2.99. The van der Waals surface area contributed by atoms with Gasteiger partial charge in [0.05, 0.1) is 0 Å². The van der Waals surface area contributed by atoms with E-state index >= 15 is 0 Å². The van der Waals surface area contributed by atoms with Gasteiger partial charge in [-0.2, -0.15) is 0 Å². The van der Waals surface area contributed by atoms with Crippen LogP contribution in [0.1, 0.15) is 38.1 Å². The van der Waals surface area contributed by atoms with Crippen LogP contribution in [0.4, 0.5) is 5.95 Å². The van der Waals surface area contributed by atoms with Crippen LogP contribution in [0, 0.1) is 23.7 Å². The summed E-state index contributed by atoms with van der Waals surface area (Å²) in [4.78, 5) is 0. The first kappa shape index (κ1) is 9.02. The lowest BCUT2D eigenvalue weighted by Gasteiger charge is -2.54. The SMILES string of the molecule is Nc1nncn1C1C2CC3CC(C2)CC1C3. The fraction of sp³-hybridized carbons (Fsp3) is 0.833. The molecular weight excluding hydrogens is 200 g/mol. The summed E-state index contributed by atoms with van der Waals surface area (Å²) in [6, 6.07) is 0.600. The zero-order valence-electron chi connectivity index (χ0n) is 9.42. The average Bonchev–Trinajstić information content (AvgIpc) is 2.63. The molecule has 4 aliphatic rings. The molecule has 0 aliphatic heterocycles. The van der Waals surface area contributed by atoms with Gasteiger partial charge in [-0.25, -0.2) is 0 Å². The molecule has 0 unspecified atom stereocenters. The lowest BCUT2D eigenvalue weighted by atomic mass is 9.54. The highest BCUT2D eigenvalue weighted by Gasteiger charge is 2.49. The zero-order chi connectivity index (χ0) is 10.7. The summed E-state index contributed by atoms with van der Waals surface area (Å²) >= 11 is 0. The molecule has 4 bridgehead atoms. The highest BCUT2D eigenvalue weighted by atomic mass is 15.3. The minimum absolute atomic E-state index is 0.600. The summed E-state index contributed by atoms with van der Waals surface area (Å²) in [6.07, 6.45) is 8.98. The lowest BCUT2D eigenvalue weighted by Crippen LogP contribution is -2.45. The minimum Gasteiger partial charge on any atom is -0.368 e. The van der Waals surface area contributed by atoms with Gasteiger partial charge in [0.25, 0.3) is 0 Å². The summed E-state index contributed by atoms with van der Waals surface area (Å²) < 4.78 is 2.15. The summed E-state index contributed by atoms with van der Waals surface area (Å²) in [5.41, 5.74) is 5.91. The molecule has 0 atom stereocenters. The van der Waals surface area contributed by atoms with Crippen LogP contribution in [0.2, 0.25) is 0 Å². The van der Waals surface area contributed by atoms with Crippen LogP contribution in [-0.2, 0) is 0 Å². The molecule has 4 saturated carbocycles. The molecule has 1 heterocycles. The number of nitrogens with two attached hydrogens (primary N) is 1. The molecule has 0 saturated heterocycles. The van der Waals surface area contributed by atoms with Gasteiger partial charge in [0, 0.05) is 6.04 Å². The van der Waals surface area contributed by atoms with E-state index in [4.69, 9.17) is 5.73 Å². The topological polar surface area (TPSA) is 56.7 Å². The van der Waals surface area contributed by atoms with Gasteiger partial charge in [0.2, 0.25) is 5.95 Å². The van der Waals surface area contributed by atoms with Crippen molar-refractivity contribution in [1.82, 2.24) is 14.8 Å². The number of aromatic nitrogens is 3. The second-order valence-electron chi connectivity index (χ2n) is 6.02. The molecule has 0 aromatic carbocycles. The maximum Gasteiger partial charge on any atom is 0.222 e. The Morgan fingerprint density at radius 3 is 2.19 bits per heavy atom. The maximum absolute atomic E-state index is 5.91. The molecule has 86 valence electrons. The predicted octanol–water partition coefficient (Wildman–Crippen LogP) is 1.86. The quantitative estimate of drug-likeness (QED) is 0.782. The van der Waals surface area contributed by atoms with Crippen LogP contribution in [0.25, 0.3) is 0 Å².